The number of rotatable bonds is 7. The van der Waals surface area contributed by atoms with Crippen molar-refractivity contribution >= 4 is 0 Å². The van der Waals surface area contributed by atoms with Gasteiger partial charge in [-0.1, -0.05) is 31.9 Å². The van der Waals surface area contributed by atoms with E-state index in [0.717, 1.165) is 6.42 Å². The van der Waals surface area contributed by atoms with E-state index in [4.69, 9.17) is 5.73 Å². The van der Waals surface area contributed by atoms with Gasteiger partial charge < -0.3 is 10.6 Å². The van der Waals surface area contributed by atoms with E-state index in [0.29, 0.717) is 18.0 Å². The number of nitrogens with two attached hydrogens (primary N) is 1. The lowest BCUT2D eigenvalue weighted by Gasteiger charge is -2.29. The van der Waals surface area contributed by atoms with E-state index in [2.05, 4.69) is 37.8 Å². The van der Waals surface area contributed by atoms with Crippen LogP contribution in [0.2, 0.25) is 0 Å². The molecule has 0 saturated heterocycles. The van der Waals surface area contributed by atoms with E-state index in [1.807, 2.05) is 0 Å². The molecule has 0 aromatic heterocycles. The van der Waals surface area contributed by atoms with Crippen molar-refractivity contribution in [2.24, 2.45) is 11.7 Å². The van der Waals surface area contributed by atoms with E-state index in [1.54, 1.807) is 0 Å². The molecule has 0 heterocycles. The van der Waals surface area contributed by atoms with Crippen LogP contribution >= 0.6 is 0 Å². The molecule has 2 N–H and O–H groups in total. The van der Waals surface area contributed by atoms with E-state index < -0.39 is 0 Å². The molecule has 0 amide bonds. The summed E-state index contributed by atoms with van der Waals surface area (Å²) in [5.41, 5.74) is 5.89. The average molecular weight is 224 g/mol. The first-order valence-corrected chi connectivity index (χ1v) is 6.81. The zero-order chi connectivity index (χ0) is 12.0. The van der Waals surface area contributed by atoms with Crippen LogP contribution in [0, 0.1) is 5.92 Å². The van der Waals surface area contributed by atoms with Gasteiger partial charge in [0.15, 0.2) is 0 Å². The Bertz CT molecular complexity index is 211. The zero-order valence-electron chi connectivity index (χ0n) is 11.2. The molecule has 94 valence electrons. The van der Waals surface area contributed by atoms with E-state index in [9.17, 15) is 0 Å². The molecule has 0 aliphatic heterocycles. The fraction of sp³-hybridized carbons (Fsp3) is 0.857. The summed E-state index contributed by atoms with van der Waals surface area (Å²) in [5.74, 6) is 0.680. The predicted molar refractivity (Wildman–Crippen MR) is 71.5 cm³/mol. The van der Waals surface area contributed by atoms with E-state index >= 15 is 0 Å². The molecule has 0 aromatic rings. The van der Waals surface area contributed by atoms with E-state index in [1.165, 1.54) is 32.4 Å². The highest BCUT2D eigenvalue weighted by atomic mass is 15.1. The second-order valence-electron chi connectivity index (χ2n) is 5.34. The van der Waals surface area contributed by atoms with E-state index in [-0.39, 0.29) is 0 Å². The summed E-state index contributed by atoms with van der Waals surface area (Å²) < 4.78 is 0. The minimum atomic E-state index is 0.301. The maximum absolute atomic E-state index is 5.89. The van der Waals surface area contributed by atoms with Crippen molar-refractivity contribution < 1.29 is 0 Å². The fourth-order valence-electron chi connectivity index (χ4n) is 2.37. The molecule has 0 radical (unpaired) electrons. The van der Waals surface area contributed by atoms with Crippen molar-refractivity contribution in [2.75, 3.05) is 13.1 Å². The monoisotopic (exact) mass is 224 g/mol. The summed E-state index contributed by atoms with van der Waals surface area (Å²) in [4.78, 5) is 2.60. The van der Waals surface area contributed by atoms with Gasteiger partial charge in [0.1, 0.15) is 0 Å². The first kappa shape index (κ1) is 13.7. The van der Waals surface area contributed by atoms with Gasteiger partial charge in [-0.25, -0.2) is 0 Å². The van der Waals surface area contributed by atoms with Gasteiger partial charge in [0.2, 0.25) is 0 Å². The topological polar surface area (TPSA) is 29.3 Å². The van der Waals surface area contributed by atoms with Gasteiger partial charge in [0.25, 0.3) is 0 Å². The van der Waals surface area contributed by atoms with Crippen LogP contribution in [0.5, 0.6) is 0 Å². The van der Waals surface area contributed by atoms with Gasteiger partial charge in [-0.05, 0) is 39.2 Å². The lowest BCUT2D eigenvalue weighted by molar-refractivity contribution is 0.195. The van der Waals surface area contributed by atoms with Gasteiger partial charge in [-0.2, -0.15) is 0 Å². The zero-order valence-corrected chi connectivity index (χ0v) is 11.2. The molecule has 0 fully saturated rings. The Morgan fingerprint density at radius 1 is 1.31 bits per heavy atom. The minimum absolute atomic E-state index is 0.301. The normalized spacial score (nSPS) is 24.9. The van der Waals surface area contributed by atoms with Crippen LogP contribution < -0.4 is 5.73 Å². The SMILES string of the molecule is CCCCCN(CC1C=CC(N)C1)C(C)C. The third-order valence-corrected chi connectivity index (χ3v) is 3.45. The van der Waals surface area contributed by atoms with Crippen molar-refractivity contribution in [1.82, 2.24) is 4.90 Å². The molecule has 1 aliphatic carbocycles. The first-order chi connectivity index (χ1) is 7.63. The molecule has 0 saturated carbocycles. The lowest BCUT2D eigenvalue weighted by Crippen LogP contribution is -2.36. The Morgan fingerprint density at radius 2 is 2.06 bits per heavy atom. The number of unbranched alkanes of at least 4 members (excludes halogenated alkanes) is 2. The second kappa shape index (κ2) is 7.08. The van der Waals surface area contributed by atoms with Crippen LogP contribution in [0.1, 0.15) is 46.5 Å². The first-order valence-electron chi connectivity index (χ1n) is 6.81. The molecule has 0 bridgehead atoms. The van der Waals surface area contributed by atoms with Gasteiger partial charge in [-0.15, -0.1) is 0 Å². The largest absolute Gasteiger partial charge is 0.324 e. The van der Waals surface area contributed by atoms with Crippen LogP contribution in [0.25, 0.3) is 0 Å². The van der Waals surface area contributed by atoms with Crippen LogP contribution in [0.4, 0.5) is 0 Å². The van der Waals surface area contributed by atoms with Gasteiger partial charge in [-0.3, -0.25) is 0 Å². The molecule has 1 aliphatic rings. The molecule has 16 heavy (non-hydrogen) atoms. The smallest absolute Gasteiger partial charge is 0.0229 e. The maximum Gasteiger partial charge on any atom is 0.0229 e. The van der Waals surface area contributed by atoms with Crippen LogP contribution in [0.3, 0.4) is 0 Å². The highest BCUT2D eigenvalue weighted by Crippen LogP contribution is 2.19. The molecule has 2 heteroatoms. The van der Waals surface area contributed by atoms with Crippen molar-refractivity contribution in [3.8, 4) is 0 Å². The number of hydrogen-bond donors (Lipinski definition) is 1. The number of hydrogen-bond acceptors (Lipinski definition) is 2. The summed E-state index contributed by atoms with van der Waals surface area (Å²) in [6, 6.07) is 0.955. The van der Waals surface area contributed by atoms with Gasteiger partial charge in [0.05, 0.1) is 0 Å². The van der Waals surface area contributed by atoms with Crippen LogP contribution in [-0.2, 0) is 0 Å². The highest BCUT2D eigenvalue weighted by molar-refractivity contribution is 5.05. The maximum atomic E-state index is 5.89. The molecule has 1 rings (SSSR count). The lowest BCUT2D eigenvalue weighted by atomic mass is 10.1. The Hall–Kier alpha value is -0.340. The third kappa shape index (κ3) is 4.67. The van der Waals surface area contributed by atoms with Gasteiger partial charge >= 0.3 is 0 Å². The molecule has 2 nitrogen and oxygen atoms in total. The van der Waals surface area contributed by atoms with Crippen molar-refractivity contribution in [3.63, 3.8) is 0 Å². The molecule has 0 spiro atoms. The molecular weight excluding hydrogens is 196 g/mol. The van der Waals surface area contributed by atoms with Crippen LogP contribution in [0.15, 0.2) is 12.2 Å². The summed E-state index contributed by atoms with van der Waals surface area (Å²) in [5, 5.41) is 0. The molecule has 0 aromatic carbocycles. The Kier molecular flexibility index (Phi) is 6.07. The van der Waals surface area contributed by atoms with Crippen LogP contribution in [-0.4, -0.2) is 30.1 Å². The predicted octanol–water partition coefficient (Wildman–Crippen LogP) is 2.79. The summed E-state index contributed by atoms with van der Waals surface area (Å²) in [6.07, 6.45) is 9.59. The number of nitrogens with zero attached hydrogens (tertiary/aromatic N) is 1. The molecule has 2 unspecified atom stereocenters. The van der Waals surface area contributed by atoms with Gasteiger partial charge in [0, 0.05) is 18.6 Å². The highest BCUT2D eigenvalue weighted by Gasteiger charge is 2.19. The molecular formula is C14H28N2. The summed E-state index contributed by atoms with van der Waals surface area (Å²) in [6.45, 7) is 9.28. The van der Waals surface area contributed by atoms with Crippen molar-refractivity contribution in [2.45, 2.75) is 58.5 Å². The third-order valence-electron chi connectivity index (χ3n) is 3.45. The van der Waals surface area contributed by atoms with Crippen molar-refractivity contribution in [3.05, 3.63) is 12.2 Å². The Balaban J connectivity index is 2.30. The molecule has 2 atom stereocenters. The summed E-state index contributed by atoms with van der Waals surface area (Å²) >= 11 is 0. The standard InChI is InChI=1S/C14H28N2/c1-4-5-6-9-16(12(2)3)11-13-7-8-14(15)10-13/h7-8,12-14H,4-6,9-11,15H2,1-3H3. The Morgan fingerprint density at radius 3 is 2.56 bits per heavy atom. The summed E-state index contributed by atoms with van der Waals surface area (Å²) in [7, 11) is 0. The fourth-order valence-corrected chi connectivity index (χ4v) is 2.37. The second-order valence-corrected chi connectivity index (χ2v) is 5.34. The minimum Gasteiger partial charge on any atom is -0.324 e. The quantitative estimate of drug-likeness (QED) is 0.532. The average Bonchev–Trinajstić information content (AvgIpc) is 2.63. The van der Waals surface area contributed by atoms with Crippen molar-refractivity contribution in [1.29, 1.82) is 0 Å². The Labute approximate surface area is 101 Å².